The van der Waals surface area contributed by atoms with E-state index in [2.05, 4.69) is 43.5 Å². The molecule has 9 unspecified atom stereocenters. The van der Waals surface area contributed by atoms with Gasteiger partial charge in [-0.1, -0.05) is 256 Å². The van der Waals surface area contributed by atoms with E-state index in [-0.39, 0.29) is 12.8 Å². The van der Waals surface area contributed by atoms with Crippen molar-refractivity contribution in [3.8, 4) is 0 Å². The van der Waals surface area contributed by atoms with Gasteiger partial charge in [0.25, 0.3) is 0 Å². The summed E-state index contributed by atoms with van der Waals surface area (Å²) in [6, 6.07) is -1.18. The molecule has 73 heavy (non-hydrogen) atoms. The van der Waals surface area contributed by atoms with Gasteiger partial charge in [0.15, 0.2) is 6.29 Å². The number of hydrogen-bond acceptors (Lipinski definition) is 10. The van der Waals surface area contributed by atoms with Gasteiger partial charge in [-0.25, -0.2) is 0 Å². The molecule has 0 aliphatic carbocycles. The number of allylic oxidation sites excluding steroid dienone is 4. The van der Waals surface area contributed by atoms with Gasteiger partial charge < -0.3 is 50.5 Å². The molecule has 8 N–H and O–H groups in total. The molecule has 9 atom stereocenters. The number of unbranched alkanes of at least 4 members (excludes halogenated alkanes) is 38. The lowest BCUT2D eigenvalue weighted by molar-refractivity contribution is -0.303. The quantitative estimate of drug-likeness (QED) is 0.0215. The Hall–Kier alpha value is -1.41. The van der Waals surface area contributed by atoms with Crippen molar-refractivity contribution < 1.29 is 50.0 Å². The zero-order valence-corrected chi connectivity index (χ0v) is 47.4. The summed E-state index contributed by atoms with van der Waals surface area (Å²) < 4.78 is 11.1. The number of hydrogen-bond donors (Lipinski definition) is 8. The second-order valence-electron chi connectivity index (χ2n) is 22.1. The smallest absolute Gasteiger partial charge is 0.249 e. The van der Waals surface area contributed by atoms with Gasteiger partial charge in [0.2, 0.25) is 5.91 Å². The van der Waals surface area contributed by atoms with E-state index in [9.17, 15) is 40.5 Å². The van der Waals surface area contributed by atoms with Crippen molar-refractivity contribution in [3.63, 3.8) is 0 Å². The van der Waals surface area contributed by atoms with E-state index < -0.39 is 74.2 Å². The van der Waals surface area contributed by atoms with E-state index in [1.807, 2.05) is 0 Å². The summed E-state index contributed by atoms with van der Waals surface area (Å²) in [5, 5.41) is 75.7. The van der Waals surface area contributed by atoms with E-state index in [0.29, 0.717) is 12.8 Å². The maximum Gasteiger partial charge on any atom is 0.249 e. The number of aliphatic hydroxyl groups excluding tert-OH is 7. The van der Waals surface area contributed by atoms with Crippen molar-refractivity contribution in [3.05, 3.63) is 24.3 Å². The van der Waals surface area contributed by atoms with Crippen LogP contribution in [-0.2, 0) is 14.3 Å². The molecular formula is C62H119NO10. The first-order valence-corrected chi connectivity index (χ1v) is 31.2. The van der Waals surface area contributed by atoms with Crippen LogP contribution in [0.2, 0.25) is 0 Å². The Labute approximate surface area is 448 Å². The van der Waals surface area contributed by atoms with Crippen LogP contribution < -0.4 is 5.32 Å². The lowest BCUT2D eigenvalue weighted by Crippen LogP contribution is -2.60. The Morgan fingerprint density at radius 3 is 1.21 bits per heavy atom. The first kappa shape index (κ1) is 69.6. The standard InChI is InChI=1S/C62H119NO10/c1-3-5-7-9-11-13-14-15-16-17-18-19-20-21-22-23-24-25-26-27-28-29-30-31-32-33-34-35-36-37-38-39-40-41-42-44-46-48-50-55(66)61(71)63-53(52-72-62-60(70)59(69)58(68)56(51-64)73-62)57(67)54(65)49-47-45-43-12-10-8-6-4-2/h12,27-28,43,53-60,62,64-70H,3-11,13-26,29-42,44-52H2,1-2H3,(H,63,71)/b28-27-,43-12+. The van der Waals surface area contributed by atoms with Crippen LogP contribution in [0.4, 0.5) is 0 Å². The van der Waals surface area contributed by atoms with Gasteiger partial charge in [0, 0.05) is 0 Å². The zero-order valence-electron chi connectivity index (χ0n) is 47.4. The Morgan fingerprint density at radius 1 is 0.466 bits per heavy atom. The highest BCUT2D eigenvalue weighted by Crippen LogP contribution is 2.23. The van der Waals surface area contributed by atoms with Crippen LogP contribution in [0.1, 0.15) is 296 Å². The Morgan fingerprint density at radius 2 is 0.808 bits per heavy atom. The number of ether oxygens (including phenoxy) is 2. The van der Waals surface area contributed by atoms with Gasteiger partial charge in [-0.2, -0.15) is 0 Å². The normalized spacial score (nSPS) is 20.0. The van der Waals surface area contributed by atoms with Crippen LogP contribution in [0.5, 0.6) is 0 Å². The highest BCUT2D eigenvalue weighted by molar-refractivity contribution is 5.80. The molecule has 1 saturated heterocycles. The molecule has 1 amide bonds. The fraction of sp³-hybridized carbons (Fsp3) is 0.919. The molecule has 11 nitrogen and oxygen atoms in total. The number of carbonyl (C=O) groups is 1. The average Bonchev–Trinajstić information content (AvgIpc) is 3.39. The second kappa shape index (κ2) is 51.4. The van der Waals surface area contributed by atoms with Crippen molar-refractivity contribution in [1.82, 2.24) is 5.32 Å². The van der Waals surface area contributed by atoms with E-state index in [1.54, 1.807) is 0 Å². The summed E-state index contributed by atoms with van der Waals surface area (Å²) in [5.41, 5.74) is 0. The molecular weight excluding hydrogens is 919 g/mol. The van der Waals surface area contributed by atoms with Crippen LogP contribution in [0, 0.1) is 0 Å². The van der Waals surface area contributed by atoms with Gasteiger partial charge in [0.05, 0.1) is 25.4 Å². The van der Waals surface area contributed by atoms with Gasteiger partial charge in [-0.05, 0) is 64.2 Å². The minimum atomic E-state index is -1.66. The molecule has 0 saturated carbocycles. The van der Waals surface area contributed by atoms with E-state index in [1.165, 1.54) is 212 Å². The molecule has 0 aromatic heterocycles. The number of carbonyl (C=O) groups excluding carboxylic acids is 1. The van der Waals surface area contributed by atoms with Crippen LogP contribution in [-0.4, -0.2) is 110 Å². The number of rotatable bonds is 54. The molecule has 1 fully saturated rings. The SMILES string of the molecule is CCCCC/C=C/CCCC(O)C(O)C(COC1OC(CO)C(O)C(O)C1O)NC(=O)C(O)CCCCCCCCCCCCCCCCCC/C=C\CCCCCCCCCCCCCCCCCCCC. The van der Waals surface area contributed by atoms with E-state index in [4.69, 9.17) is 9.47 Å². The van der Waals surface area contributed by atoms with Gasteiger partial charge >= 0.3 is 0 Å². The predicted octanol–water partition coefficient (Wildman–Crippen LogP) is 13.7. The van der Waals surface area contributed by atoms with Gasteiger partial charge in [0.1, 0.15) is 36.6 Å². The molecule has 0 spiro atoms. The largest absolute Gasteiger partial charge is 0.394 e. The molecule has 11 heteroatoms. The van der Waals surface area contributed by atoms with Gasteiger partial charge in [-0.15, -0.1) is 0 Å². The third-order valence-corrected chi connectivity index (χ3v) is 15.2. The third-order valence-electron chi connectivity index (χ3n) is 15.2. The van der Waals surface area contributed by atoms with E-state index in [0.717, 1.165) is 44.9 Å². The van der Waals surface area contributed by atoms with E-state index >= 15 is 0 Å². The fourth-order valence-electron chi connectivity index (χ4n) is 10.1. The Balaban J connectivity index is 2.05. The Bertz CT molecular complexity index is 1240. The summed E-state index contributed by atoms with van der Waals surface area (Å²) in [4.78, 5) is 13.1. The minimum absolute atomic E-state index is 0.256. The number of nitrogens with one attached hydrogen (secondary N) is 1. The maximum atomic E-state index is 13.1. The Kier molecular flexibility index (Phi) is 49.0. The lowest BCUT2D eigenvalue weighted by Gasteiger charge is -2.40. The molecule has 0 aromatic rings. The number of aliphatic hydroxyl groups is 7. The van der Waals surface area contributed by atoms with Crippen molar-refractivity contribution in [2.24, 2.45) is 0 Å². The summed E-state index contributed by atoms with van der Waals surface area (Å²) in [5.74, 6) is -0.706. The molecule has 1 aliphatic heterocycles. The highest BCUT2D eigenvalue weighted by Gasteiger charge is 2.44. The summed E-state index contributed by atoms with van der Waals surface area (Å²) in [6.45, 7) is 3.39. The molecule has 432 valence electrons. The van der Waals surface area contributed by atoms with Gasteiger partial charge in [-0.3, -0.25) is 4.79 Å². The van der Waals surface area contributed by atoms with Crippen molar-refractivity contribution in [2.75, 3.05) is 13.2 Å². The maximum absolute atomic E-state index is 13.1. The second-order valence-corrected chi connectivity index (χ2v) is 22.1. The molecule has 0 bridgehead atoms. The van der Waals surface area contributed by atoms with Crippen LogP contribution in [0.15, 0.2) is 24.3 Å². The monoisotopic (exact) mass is 1040 g/mol. The molecule has 1 heterocycles. The van der Waals surface area contributed by atoms with Crippen LogP contribution in [0.3, 0.4) is 0 Å². The fourth-order valence-corrected chi connectivity index (χ4v) is 10.1. The first-order valence-electron chi connectivity index (χ1n) is 31.2. The molecule has 1 rings (SSSR count). The van der Waals surface area contributed by atoms with Crippen molar-refractivity contribution >= 4 is 5.91 Å². The van der Waals surface area contributed by atoms with Crippen LogP contribution >= 0.6 is 0 Å². The number of amides is 1. The molecule has 0 aromatic carbocycles. The average molecular weight is 1040 g/mol. The molecule has 0 radical (unpaired) electrons. The third kappa shape index (κ3) is 39.6. The summed E-state index contributed by atoms with van der Waals surface area (Å²) in [7, 11) is 0. The summed E-state index contributed by atoms with van der Waals surface area (Å²) in [6.07, 6.45) is 51.8. The van der Waals surface area contributed by atoms with Crippen molar-refractivity contribution in [2.45, 2.75) is 351 Å². The first-order chi connectivity index (χ1) is 35.7. The topological polar surface area (TPSA) is 189 Å². The summed E-state index contributed by atoms with van der Waals surface area (Å²) >= 11 is 0. The van der Waals surface area contributed by atoms with Crippen LogP contribution in [0.25, 0.3) is 0 Å². The molecule has 1 aliphatic rings. The highest BCUT2D eigenvalue weighted by atomic mass is 16.7. The van der Waals surface area contributed by atoms with Crippen molar-refractivity contribution in [1.29, 1.82) is 0 Å². The zero-order chi connectivity index (χ0) is 53.3. The predicted molar refractivity (Wildman–Crippen MR) is 302 cm³/mol. The minimum Gasteiger partial charge on any atom is -0.394 e. The lowest BCUT2D eigenvalue weighted by atomic mass is 9.98.